The molecule has 22 heavy (non-hydrogen) atoms. The number of rotatable bonds is 2. The molecule has 0 radical (unpaired) electrons. The molecule has 0 bridgehead atoms. The third kappa shape index (κ3) is 2.33. The van der Waals surface area contributed by atoms with Crippen molar-refractivity contribution in [1.29, 1.82) is 0 Å². The normalized spacial score (nSPS) is 15.5. The van der Waals surface area contributed by atoms with Gasteiger partial charge in [0.05, 0.1) is 11.8 Å². The zero-order valence-corrected chi connectivity index (χ0v) is 12.6. The molecule has 0 N–H and O–H groups in total. The second-order valence-electron chi connectivity index (χ2n) is 5.12. The third-order valence-electron chi connectivity index (χ3n) is 3.76. The SMILES string of the molecule is O=C(c1ccoc1)N1CCN(c2nc3cccnc3s2)CC1. The Morgan fingerprint density at radius 1 is 1.23 bits per heavy atom. The maximum absolute atomic E-state index is 12.3. The van der Waals surface area contributed by atoms with E-state index in [0.29, 0.717) is 18.7 Å². The van der Waals surface area contributed by atoms with Crippen LogP contribution in [0.25, 0.3) is 10.3 Å². The summed E-state index contributed by atoms with van der Waals surface area (Å²) < 4.78 is 4.98. The molecule has 0 aromatic carbocycles. The van der Waals surface area contributed by atoms with Gasteiger partial charge in [-0.05, 0) is 18.2 Å². The average molecular weight is 314 g/mol. The van der Waals surface area contributed by atoms with E-state index < -0.39 is 0 Å². The number of hydrogen-bond donors (Lipinski definition) is 0. The Bertz CT molecular complexity index is 758. The second kappa shape index (κ2) is 5.42. The molecule has 0 atom stereocenters. The van der Waals surface area contributed by atoms with E-state index in [1.54, 1.807) is 23.6 Å². The first-order chi connectivity index (χ1) is 10.8. The lowest BCUT2D eigenvalue weighted by Gasteiger charge is -2.34. The molecule has 0 saturated carbocycles. The highest BCUT2D eigenvalue weighted by atomic mass is 32.1. The quantitative estimate of drug-likeness (QED) is 0.726. The maximum atomic E-state index is 12.3. The maximum Gasteiger partial charge on any atom is 0.257 e. The van der Waals surface area contributed by atoms with Gasteiger partial charge >= 0.3 is 0 Å². The van der Waals surface area contributed by atoms with Gasteiger partial charge in [-0.3, -0.25) is 4.79 Å². The minimum absolute atomic E-state index is 0.0272. The van der Waals surface area contributed by atoms with Gasteiger partial charge in [0, 0.05) is 32.4 Å². The van der Waals surface area contributed by atoms with Crippen LogP contribution in [-0.2, 0) is 0 Å². The molecule has 1 saturated heterocycles. The summed E-state index contributed by atoms with van der Waals surface area (Å²) in [5, 5.41) is 0.976. The lowest BCUT2D eigenvalue weighted by Crippen LogP contribution is -2.48. The number of aromatic nitrogens is 2. The first kappa shape index (κ1) is 13.3. The Morgan fingerprint density at radius 2 is 2.09 bits per heavy atom. The predicted molar refractivity (Wildman–Crippen MR) is 84.2 cm³/mol. The summed E-state index contributed by atoms with van der Waals surface area (Å²) in [4.78, 5) is 26.2. The zero-order chi connectivity index (χ0) is 14.9. The number of nitrogens with zero attached hydrogens (tertiary/aromatic N) is 4. The fourth-order valence-electron chi connectivity index (χ4n) is 2.56. The Balaban J connectivity index is 1.46. The van der Waals surface area contributed by atoms with Crippen LogP contribution in [0.4, 0.5) is 5.13 Å². The van der Waals surface area contributed by atoms with Crippen LogP contribution < -0.4 is 4.90 Å². The molecule has 0 aliphatic carbocycles. The molecule has 3 aromatic heterocycles. The van der Waals surface area contributed by atoms with E-state index in [0.717, 1.165) is 28.6 Å². The van der Waals surface area contributed by atoms with E-state index >= 15 is 0 Å². The summed E-state index contributed by atoms with van der Waals surface area (Å²) in [5.74, 6) is 0.0272. The van der Waals surface area contributed by atoms with E-state index in [9.17, 15) is 4.79 Å². The van der Waals surface area contributed by atoms with Gasteiger partial charge in [0.25, 0.3) is 5.91 Å². The zero-order valence-electron chi connectivity index (χ0n) is 11.8. The van der Waals surface area contributed by atoms with Crippen LogP contribution in [0, 0.1) is 0 Å². The Hall–Kier alpha value is -2.41. The minimum Gasteiger partial charge on any atom is -0.472 e. The molecule has 7 heteroatoms. The van der Waals surface area contributed by atoms with Crippen molar-refractivity contribution in [2.24, 2.45) is 0 Å². The molecule has 0 spiro atoms. The summed E-state index contributed by atoms with van der Waals surface area (Å²) in [6.07, 6.45) is 4.80. The van der Waals surface area contributed by atoms with Crippen LogP contribution in [0.2, 0.25) is 0 Å². The Labute approximate surface area is 131 Å². The number of thiazole rings is 1. The van der Waals surface area contributed by atoms with Crippen LogP contribution in [0.5, 0.6) is 0 Å². The van der Waals surface area contributed by atoms with Crippen LogP contribution in [0.15, 0.2) is 41.3 Å². The van der Waals surface area contributed by atoms with Crippen molar-refractivity contribution in [3.8, 4) is 0 Å². The van der Waals surface area contributed by atoms with E-state index in [1.807, 2.05) is 17.0 Å². The molecular formula is C15H14N4O2S. The van der Waals surface area contributed by atoms with Gasteiger partial charge in [-0.15, -0.1) is 0 Å². The number of carbonyl (C=O) groups is 1. The van der Waals surface area contributed by atoms with Crippen LogP contribution in [-0.4, -0.2) is 47.0 Å². The molecule has 112 valence electrons. The van der Waals surface area contributed by atoms with Gasteiger partial charge in [0.1, 0.15) is 16.6 Å². The van der Waals surface area contributed by atoms with Crippen molar-refractivity contribution in [3.63, 3.8) is 0 Å². The van der Waals surface area contributed by atoms with E-state index in [1.165, 1.54) is 12.5 Å². The van der Waals surface area contributed by atoms with Crippen molar-refractivity contribution in [3.05, 3.63) is 42.5 Å². The molecule has 4 rings (SSSR count). The predicted octanol–water partition coefficient (Wildman–Crippen LogP) is 2.25. The van der Waals surface area contributed by atoms with Gasteiger partial charge in [-0.1, -0.05) is 11.3 Å². The second-order valence-corrected chi connectivity index (χ2v) is 6.07. The van der Waals surface area contributed by atoms with Gasteiger partial charge in [0.2, 0.25) is 0 Å². The average Bonchev–Trinajstić information content (AvgIpc) is 3.23. The van der Waals surface area contributed by atoms with Gasteiger partial charge < -0.3 is 14.2 Å². The number of furan rings is 1. The first-order valence-corrected chi connectivity index (χ1v) is 7.91. The highest BCUT2D eigenvalue weighted by molar-refractivity contribution is 7.21. The minimum atomic E-state index is 0.0272. The van der Waals surface area contributed by atoms with Crippen molar-refractivity contribution in [1.82, 2.24) is 14.9 Å². The van der Waals surface area contributed by atoms with E-state index in [4.69, 9.17) is 4.42 Å². The lowest BCUT2D eigenvalue weighted by atomic mass is 10.2. The number of carbonyl (C=O) groups excluding carboxylic acids is 1. The largest absolute Gasteiger partial charge is 0.472 e. The Kier molecular flexibility index (Phi) is 3.27. The van der Waals surface area contributed by atoms with Crippen LogP contribution >= 0.6 is 11.3 Å². The van der Waals surface area contributed by atoms with E-state index in [-0.39, 0.29) is 5.91 Å². The van der Waals surface area contributed by atoms with Crippen LogP contribution in [0.1, 0.15) is 10.4 Å². The lowest BCUT2D eigenvalue weighted by molar-refractivity contribution is 0.0746. The molecule has 1 aliphatic heterocycles. The highest BCUT2D eigenvalue weighted by Gasteiger charge is 2.24. The van der Waals surface area contributed by atoms with Crippen LogP contribution in [0.3, 0.4) is 0 Å². The fraction of sp³-hybridized carbons (Fsp3) is 0.267. The monoisotopic (exact) mass is 314 g/mol. The Morgan fingerprint density at radius 3 is 2.82 bits per heavy atom. The van der Waals surface area contributed by atoms with Crippen molar-refractivity contribution >= 4 is 32.7 Å². The number of fused-ring (bicyclic) bond motifs is 1. The summed E-state index contributed by atoms with van der Waals surface area (Å²) in [6.45, 7) is 2.94. The number of piperazine rings is 1. The molecule has 6 nitrogen and oxygen atoms in total. The number of pyridine rings is 1. The third-order valence-corrected chi connectivity index (χ3v) is 4.80. The molecule has 0 unspecified atom stereocenters. The molecule has 1 aliphatic rings. The molecule has 1 fully saturated rings. The van der Waals surface area contributed by atoms with Crippen molar-refractivity contribution in [2.75, 3.05) is 31.1 Å². The molecular weight excluding hydrogens is 300 g/mol. The highest BCUT2D eigenvalue weighted by Crippen LogP contribution is 2.27. The summed E-state index contributed by atoms with van der Waals surface area (Å²) in [5.41, 5.74) is 1.54. The first-order valence-electron chi connectivity index (χ1n) is 7.09. The summed E-state index contributed by atoms with van der Waals surface area (Å²) in [7, 11) is 0. The smallest absolute Gasteiger partial charge is 0.257 e. The van der Waals surface area contributed by atoms with Gasteiger partial charge in [-0.25, -0.2) is 9.97 Å². The van der Waals surface area contributed by atoms with Crippen molar-refractivity contribution < 1.29 is 9.21 Å². The van der Waals surface area contributed by atoms with Gasteiger partial charge in [-0.2, -0.15) is 0 Å². The van der Waals surface area contributed by atoms with E-state index in [2.05, 4.69) is 14.9 Å². The number of hydrogen-bond acceptors (Lipinski definition) is 6. The molecule has 4 heterocycles. The van der Waals surface area contributed by atoms with Gasteiger partial charge in [0.15, 0.2) is 5.13 Å². The van der Waals surface area contributed by atoms with Crippen molar-refractivity contribution in [2.45, 2.75) is 0 Å². The fourth-order valence-corrected chi connectivity index (χ4v) is 3.52. The number of anilines is 1. The topological polar surface area (TPSA) is 62.5 Å². The number of amides is 1. The standard InChI is InChI=1S/C15H14N4O2S/c20-14(11-3-9-21-10-11)18-5-7-19(8-6-18)15-17-12-2-1-4-16-13(12)22-15/h1-4,9-10H,5-8H2. The molecule has 1 amide bonds. The summed E-state index contributed by atoms with van der Waals surface area (Å²) in [6, 6.07) is 5.57. The summed E-state index contributed by atoms with van der Waals surface area (Å²) >= 11 is 1.60. The molecule has 3 aromatic rings.